The van der Waals surface area contributed by atoms with Crippen molar-refractivity contribution in [1.82, 2.24) is 10.2 Å². The fourth-order valence-corrected chi connectivity index (χ4v) is 4.52. The molecule has 2 rings (SSSR count). The third kappa shape index (κ3) is 7.63. The largest absolute Gasteiger partial charge is 0.497 e. The number of carbonyl (C=O) groups is 2. The summed E-state index contributed by atoms with van der Waals surface area (Å²) < 4.78 is 31.4. The van der Waals surface area contributed by atoms with E-state index in [1.54, 1.807) is 43.5 Å². The van der Waals surface area contributed by atoms with Crippen LogP contribution in [0, 0.1) is 0 Å². The van der Waals surface area contributed by atoms with E-state index >= 15 is 0 Å². The number of hydrogen-bond donors (Lipinski definition) is 1. The Morgan fingerprint density at radius 3 is 2.41 bits per heavy atom. The Balaban J connectivity index is 2.43. The van der Waals surface area contributed by atoms with Crippen LogP contribution >= 0.6 is 11.6 Å². The van der Waals surface area contributed by atoms with E-state index in [1.807, 2.05) is 19.9 Å². The van der Waals surface area contributed by atoms with Gasteiger partial charge >= 0.3 is 0 Å². The van der Waals surface area contributed by atoms with Crippen LogP contribution in [0.3, 0.4) is 0 Å². The van der Waals surface area contributed by atoms with Gasteiger partial charge in [-0.05, 0) is 48.7 Å². The number of nitrogens with one attached hydrogen (secondary N) is 1. The van der Waals surface area contributed by atoms with Gasteiger partial charge in [-0.25, -0.2) is 8.42 Å². The average Bonchev–Trinajstić information content (AvgIpc) is 2.80. The van der Waals surface area contributed by atoms with Crippen molar-refractivity contribution >= 4 is 39.1 Å². The molecule has 0 saturated carbocycles. The Kier molecular flexibility index (Phi) is 10.2. The molecule has 0 heterocycles. The molecule has 10 heteroatoms. The molecule has 0 fully saturated rings. The fourth-order valence-electron chi connectivity index (χ4n) is 3.50. The molecule has 186 valence electrons. The van der Waals surface area contributed by atoms with E-state index in [9.17, 15) is 18.0 Å². The van der Waals surface area contributed by atoms with Gasteiger partial charge in [-0.1, -0.05) is 43.6 Å². The zero-order valence-electron chi connectivity index (χ0n) is 20.0. The van der Waals surface area contributed by atoms with E-state index in [1.165, 1.54) is 11.0 Å². The van der Waals surface area contributed by atoms with E-state index in [0.717, 1.165) is 22.5 Å². The highest BCUT2D eigenvalue weighted by molar-refractivity contribution is 7.92. The maximum atomic E-state index is 13.6. The molecular weight excluding hydrogens is 478 g/mol. The molecule has 0 aliphatic carbocycles. The van der Waals surface area contributed by atoms with Crippen molar-refractivity contribution in [2.75, 3.05) is 30.8 Å². The lowest BCUT2D eigenvalue weighted by atomic mass is 10.1. The van der Waals surface area contributed by atoms with Crippen LogP contribution in [0.4, 0.5) is 5.69 Å². The number of nitrogens with zero attached hydrogens (tertiary/aromatic N) is 2. The molecule has 0 bridgehead atoms. The molecule has 2 amide bonds. The highest BCUT2D eigenvalue weighted by Gasteiger charge is 2.31. The number of carbonyl (C=O) groups excluding carboxylic acids is 2. The van der Waals surface area contributed by atoms with Gasteiger partial charge in [-0.3, -0.25) is 13.9 Å². The Morgan fingerprint density at radius 1 is 1.12 bits per heavy atom. The first kappa shape index (κ1) is 27.5. The Hall–Kier alpha value is -2.78. The van der Waals surface area contributed by atoms with Crippen LogP contribution < -0.4 is 14.4 Å². The van der Waals surface area contributed by atoms with Crippen molar-refractivity contribution < 1.29 is 22.7 Å². The van der Waals surface area contributed by atoms with Crippen LogP contribution in [-0.2, 0) is 26.2 Å². The van der Waals surface area contributed by atoms with Crippen molar-refractivity contribution in [2.24, 2.45) is 0 Å². The second kappa shape index (κ2) is 12.6. The first-order valence-corrected chi connectivity index (χ1v) is 13.3. The number of hydrogen-bond acceptors (Lipinski definition) is 5. The van der Waals surface area contributed by atoms with Crippen LogP contribution in [-0.4, -0.2) is 57.6 Å². The number of halogens is 1. The van der Waals surface area contributed by atoms with Gasteiger partial charge in [-0.2, -0.15) is 0 Å². The van der Waals surface area contributed by atoms with Gasteiger partial charge in [0.2, 0.25) is 21.8 Å². The molecule has 0 aromatic heterocycles. The standard InChI is InChI=1S/C24H32ClN3O5S/c1-5-13-26-24(30)22(6-2)27(16-18-9-7-12-21(14-18)33-3)23(29)17-28(34(4,31)32)20-11-8-10-19(25)15-20/h7-12,14-15,22H,5-6,13,16-17H2,1-4H3,(H,26,30)/t22-/m1/s1. The zero-order valence-corrected chi connectivity index (χ0v) is 21.5. The monoisotopic (exact) mass is 509 g/mol. The molecule has 1 N–H and O–H groups in total. The summed E-state index contributed by atoms with van der Waals surface area (Å²) >= 11 is 6.06. The normalized spacial score (nSPS) is 12.0. The van der Waals surface area contributed by atoms with Gasteiger partial charge in [0, 0.05) is 18.1 Å². The lowest BCUT2D eigenvalue weighted by Crippen LogP contribution is -2.52. The number of rotatable bonds is 12. The van der Waals surface area contributed by atoms with E-state index in [-0.39, 0.29) is 18.1 Å². The molecule has 0 aliphatic rings. The van der Waals surface area contributed by atoms with Crippen LogP contribution in [0.25, 0.3) is 0 Å². The average molecular weight is 510 g/mol. The molecule has 0 spiro atoms. The predicted octanol–water partition coefficient (Wildman–Crippen LogP) is 3.45. The van der Waals surface area contributed by atoms with E-state index in [2.05, 4.69) is 5.32 Å². The van der Waals surface area contributed by atoms with Crippen molar-refractivity contribution in [1.29, 1.82) is 0 Å². The topological polar surface area (TPSA) is 96.0 Å². The quantitative estimate of drug-likeness (QED) is 0.472. The summed E-state index contributed by atoms with van der Waals surface area (Å²) in [7, 11) is -2.26. The molecule has 0 aliphatic heterocycles. The molecule has 34 heavy (non-hydrogen) atoms. The molecule has 2 aromatic rings. The first-order chi connectivity index (χ1) is 16.1. The highest BCUT2D eigenvalue weighted by Crippen LogP contribution is 2.23. The maximum absolute atomic E-state index is 13.6. The smallest absolute Gasteiger partial charge is 0.244 e. The fraction of sp³-hybridized carbons (Fsp3) is 0.417. The summed E-state index contributed by atoms with van der Waals surface area (Å²) in [6.45, 7) is 3.87. The number of methoxy groups -OCH3 is 1. The molecule has 0 radical (unpaired) electrons. The van der Waals surface area contributed by atoms with Crippen LogP contribution in [0.2, 0.25) is 5.02 Å². The third-order valence-electron chi connectivity index (χ3n) is 5.20. The van der Waals surface area contributed by atoms with Crippen molar-refractivity contribution in [3.63, 3.8) is 0 Å². The minimum atomic E-state index is -3.81. The number of amides is 2. The summed E-state index contributed by atoms with van der Waals surface area (Å²) in [6, 6.07) is 12.7. The van der Waals surface area contributed by atoms with Gasteiger partial charge < -0.3 is 15.0 Å². The summed E-state index contributed by atoms with van der Waals surface area (Å²) in [5, 5.41) is 3.19. The minimum Gasteiger partial charge on any atom is -0.497 e. The van der Waals surface area contributed by atoms with Gasteiger partial charge in [0.05, 0.1) is 19.1 Å². The summed E-state index contributed by atoms with van der Waals surface area (Å²) in [4.78, 5) is 27.9. The summed E-state index contributed by atoms with van der Waals surface area (Å²) in [5.74, 6) is -0.175. The van der Waals surface area contributed by atoms with E-state index < -0.39 is 28.5 Å². The first-order valence-electron chi connectivity index (χ1n) is 11.0. The van der Waals surface area contributed by atoms with Crippen LogP contribution in [0.15, 0.2) is 48.5 Å². The van der Waals surface area contributed by atoms with Crippen molar-refractivity contribution in [3.8, 4) is 5.75 Å². The van der Waals surface area contributed by atoms with Gasteiger partial charge in [0.1, 0.15) is 18.3 Å². The lowest BCUT2D eigenvalue weighted by Gasteiger charge is -2.33. The number of sulfonamides is 1. The predicted molar refractivity (Wildman–Crippen MR) is 135 cm³/mol. The third-order valence-corrected chi connectivity index (χ3v) is 6.57. The number of benzene rings is 2. The maximum Gasteiger partial charge on any atom is 0.244 e. The van der Waals surface area contributed by atoms with Crippen molar-refractivity contribution in [2.45, 2.75) is 39.3 Å². The SMILES string of the molecule is CCCNC(=O)[C@@H](CC)N(Cc1cccc(OC)c1)C(=O)CN(c1cccc(Cl)c1)S(C)(=O)=O. The highest BCUT2D eigenvalue weighted by atomic mass is 35.5. The minimum absolute atomic E-state index is 0.112. The molecule has 0 unspecified atom stereocenters. The Morgan fingerprint density at radius 2 is 1.82 bits per heavy atom. The Labute approximate surface area is 206 Å². The van der Waals surface area contributed by atoms with E-state index in [4.69, 9.17) is 16.3 Å². The van der Waals surface area contributed by atoms with E-state index in [0.29, 0.717) is 23.7 Å². The molecular formula is C24H32ClN3O5S. The van der Waals surface area contributed by atoms with Gasteiger partial charge in [0.15, 0.2) is 0 Å². The van der Waals surface area contributed by atoms with Crippen LogP contribution in [0.1, 0.15) is 32.3 Å². The van der Waals surface area contributed by atoms with Gasteiger partial charge in [-0.15, -0.1) is 0 Å². The van der Waals surface area contributed by atoms with Crippen LogP contribution in [0.5, 0.6) is 5.75 Å². The second-order valence-electron chi connectivity index (χ2n) is 7.84. The summed E-state index contributed by atoms with van der Waals surface area (Å²) in [5.41, 5.74) is 1.02. The number of anilines is 1. The van der Waals surface area contributed by atoms with Crippen molar-refractivity contribution in [3.05, 3.63) is 59.1 Å². The second-order valence-corrected chi connectivity index (χ2v) is 10.2. The Bertz CT molecular complexity index is 1090. The molecule has 1 atom stereocenters. The molecule has 0 saturated heterocycles. The lowest BCUT2D eigenvalue weighted by molar-refractivity contribution is -0.140. The zero-order chi connectivity index (χ0) is 25.3. The molecule has 8 nitrogen and oxygen atoms in total. The molecule has 2 aromatic carbocycles. The van der Waals surface area contributed by atoms with Gasteiger partial charge in [0.25, 0.3) is 0 Å². The summed E-state index contributed by atoms with van der Waals surface area (Å²) in [6.07, 6.45) is 2.14. The number of ether oxygens (including phenoxy) is 1.